The van der Waals surface area contributed by atoms with Gasteiger partial charge in [0.15, 0.2) is 0 Å². The first-order valence-corrected chi connectivity index (χ1v) is 11.4. The zero-order valence-corrected chi connectivity index (χ0v) is 19.5. The smallest absolute Gasteiger partial charge is 0.212 e. The van der Waals surface area contributed by atoms with Gasteiger partial charge >= 0.3 is 0 Å². The normalized spacial score (nSPS) is 16.8. The molecule has 1 aliphatic rings. The van der Waals surface area contributed by atoms with Crippen LogP contribution < -0.4 is 10.1 Å². The number of benzene rings is 1. The van der Waals surface area contributed by atoms with Crippen molar-refractivity contribution in [1.29, 1.82) is 5.41 Å². The van der Waals surface area contributed by atoms with Crippen molar-refractivity contribution in [2.75, 3.05) is 11.9 Å². The van der Waals surface area contributed by atoms with E-state index in [-0.39, 0.29) is 11.9 Å². The number of rotatable bonds is 7. The molecule has 3 aromatic rings. The Hall–Kier alpha value is -2.74. The Labute approximate surface area is 201 Å². The molecule has 9 heteroatoms. The van der Waals surface area contributed by atoms with Crippen molar-refractivity contribution in [3.8, 4) is 5.75 Å². The molecule has 0 radical (unpaired) electrons. The molecule has 0 amide bonds. The van der Waals surface area contributed by atoms with Crippen LogP contribution in [0.2, 0.25) is 10.0 Å². The lowest BCUT2D eigenvalue weighted by atomic mass is 10.0. The minimum absolute atomic E-state index is 0.142. The van der Waals surface area contributed by atoms with Gasteiger partial charge in [0.2, 0.25) is 5.95 Å². The van der Waals surface area contributed by atoms with E-state index in [1.807, 2.05) is 19.1 Å². The van der Waals surface area contributed by atoms with Crippen molar-refractivity contribution < 1.29 is 13.9 Å². The fourth-order valence-electron chi connectivity index (χ4n) is 3.71. The van der Waals surface area contributed by atoms with Crippen LogP contribution in [-0.2, 0) is 4.74 Å². The lowest BCUT2D eigenvalue weighted by Gasteiger charge is -2.26. The highest BCUT2D eigenvalue weighted by Gasteiger charge is 2.20. The molecule has 1 aromatic carbocycles. The molecule has 1 saturated heterocycles. The third kappa shape index (κ3) is 5.61. The van der Waals surface area contributed by atoms with Crippen LogP contribution >= 0.6 is 23.2 Å². The maximum Gasteiger partial charge on any atom is 0.212 e. The zero-order valence-electron chi connectivity index (χ0n) is 17.9. The molecule has 4 rings (SSSR count). The van der Waals surface area contributed by atoms with Crippen molar-refractivity contribution >= 4 is 34.6 Å². The molecule has 2 aromatic heterocycles. The molecule has 3 heterocycles. The second-order valence-corrected chi connectivity index (χ2v) is 8.54. The molecule has 1 fully saturated rings. The van der Waals surface area contributed by atoms with Crippen molar-refractivity contribution in [2.45, 2.75) is 38.5 Å². The van der Waals surface area contributed by atoms with Crippen LogP contribution in [0.1, 0.15) is 49.0 Å². The average Bonchev–Trinajstić information content (AvgIpc) is 2.81. The van der Waals surface area contributed by atoms with Gasteiger partial charge in [0.25, 0.3) is 0 Å². The van der Waals surface area contributed by atoms with Crippen LogP contribution in [0.15, 0.2) is 48.9 Å². The summed E-state index contributed by atoms with van der Waals surface area (Å²) < 4.78 is 25.3. The van der Waals surface area contributed by atoms with Gasteiger partial charge in [0.05, 0.1) is 15.8 Å². The largest absolute Gasteiger partial charge is 0.486 e. The summed E-state index contributed by atoms with van der Waals surface area (Å²) in [5.41, 5.74) is 2.59. The summed E-state index contributed by atoms with van der Waals surface area (Å²) in [7, 11) is 0. The van der Waals surface area contributed by atoms with Crippen LogP contribution in [0.5, 0.6) is 5.75 Å². The van der Waals surface area contributed by atoms with E-state index in [1.54, 1.807) is 6.07 Å². The van der Waals surface area contributed by atoms with E-state index < -0.39 is 12.1 Å². The van der Waals surface area contributed by atoms with Crippen molar-refractivity contribution in [3.63, 3.8) is 0 Å². The van der Waals surface area contributed by atoms with Crippen molar-refractivity contribution in [1.82, 2.24) is 9.97 Å². The molecule has 0 aliphatic carbocycles. The maximum absolute atomic E-state index is 13.3. The molecule has 2 atom stereocenters. The van der Waals surface area contributed by atoms with E-state index in [1.165, 1.54) is 30.7 Å². The van der Waals surface area contributed by atoms with Gasteiger partial charge in [-0.3, -0.25) is 10.4 Å². The molecular weight excluding hydrogens is 466 g/mol. The van der Waals surface area contributed by atoms with Gasteiger partial charge in [0.1, 0.15) is 18.1 Å². The number of aromatic nitrogens is 2. The molecule has 2 N–H and O–H groups in total. The fraction of sp³-hybridized carbons (Fsp3) is 0.292. The molecule has 6 nitrogen and oxygen atoms in total. The zero-order chi connectivity index (χ0) is 23.4. The standard InChI is InChI=1S/C24H23Cl2FN4O2/c1-14(23-18(25)12-29-13-19(23)26)33-16-6-7-20(31-22-4-2-3-9-32-22)17(10-16)24(28)15-5-8-21(27)30-11-15/h5-8,10-14,22,28,31H,2-4,9H2,1H3/t14-,22?/m1/s1. The first kappa shape index (κ1) is 23.4. The molecule has 0 bridgehead atoms. The average molecular weight is 489 g/mol. The summed E-state index contributed by atoms with van der Waals surface area (Å²) in [6, 6.07) is 8.17. The first-order chi connectivity index (χ1) is 15.9. The third-order valence-electron chi connectivity index (χ3n) is 5.38. The van der Waals surface area contributed by atoms with Gasteiger partial charge in [-0.15, -0.1) is 0 Å². The van der Waals surface area contributed by atoms with Gasteiger partial charge < -0.3 is 14.8 Å². The minimum atomic E-state index is -0.600. The molecule has 0 spiro atoms. The van der Waals surface area contributed by atoms with Crippen molar-refractivity contribution in [2.24, 2.45) is 0 Å². The number of halogens is 3. The van der Waals surface area contributed by atoms with E-state index in [2.05, 4.69) is 15.3 Å². The van der Waals surface area contributed by atoms with Crippen LogP contribution in [0.3, 0.4) is 0 Å². The van der Waals surface area contributed by atoms with E-state index in [0.29, 0.717) is 39.1 Å². The Bertz CT molecular complexity index is 1120. The second-order valence-electron chi connectivity index (χ2n) is 7.73. The van der Waals surface area contributed by atoms with E-state index in [4.69, 9.17) is 38.1 Å². The number of ether oxygens (including phenoxy) is 2. The Morgan fingerprint density at radius 1 is 1.18 bits per heavy atom. The summed E-state index contributed by atoms with van der Waals surface area (Å²) in [5.74, 6) is -0.0751. The number of hydrogen-bond donors (Lipinski definition) is 2. The lowest BCUT2D eigenvalue weighted by Crippen LogP contribution is -2.28. The summed E-state index contributed by atoms with van der Waals surface area (Å²) in [5, 5.41) is 13.0. The summed E-state index contributed by atoms with van der Waals surface area (Å²) in [6.07, 6.45) is 6.75. The van der Waals surface area contributed by atoms with Gasteiger partial charge in [-0.25, -0.2) is 4.98 Å². The number of anilines is 1. The number of nitrogens with one attached hydrogen (secondary N) is 2. The summed E-state index contributed by atoms with van der Waals surface area (Å²) in [4.78, 5) is 7.66. The quantitative estimate of drug-likeness (QED) is 0.296. The summed E-state index contributed by atoms with van der Waals surface area (Å²) in [6.45, 7) is 2.53. The molecule has 1 aliphatic heterocycles. The molecule has 172 valence electrons. The first-order valence-electron chi connectivity index (χ1n) is 10.6. The second kappa shape index (κ2) is 10.5. The van der Waals surface area contributed by atoms with Gasteiger partial charge in [-0.1, -0.05) is 23.2 Å². The molecule has 1 unspecified atom stereocenters. The lowest BCUT2D eigenvalue weighted by molar-refractivity contribution is 0.0343. The predicted molar refractivity (Wildman–Crippen MR) is 127 cm³/mol. The predicted octanol–water partition coefficient (Wildman–Crippen LogP) is 6.42. The molecule has 0 saturated carbocycles. The number of hydrogen-bond acceptors (Lipinski definition) is 6. The fourth-order valence-corrected chi connectivity index (χ4v) is 4.38. The highest BCUT2D eigenvalue weighted by molar-refractivity contribution is 6.35. The van der Waals surface area contributed by atoms with E-state index in [0.717, 1.165) is 24.9 Å². The van der Waals surface area contributed by atoms with Crippen LogP contribution in [0.4, 0.5) is 10.1 Å². The number of pyridine rings is 2. The topological polar surface area (TPSA) is 80.1 Å². The molecular formula is C24H23Cl2FN4O2. The maximum atomic E-state index is 13.3. The van der Waals surface area contributed by atoms with Gasteiger partial charge in [-0.05, 0) is 56.5 Å². The minimum Gasteiger partial charge on any atom is -0.486 e. The highest BCUT2D eigenvalue weighted by Crippen LogP contribution is 2.34. The van der Waals surface area contributed by atoms with Crippen molar-refractivity contribution in [3.05, 3.63) is 81.6 Å². The monoisotopic (exact) mass is 488 g/mol. The SMILES string of the molecule is C[C@@H](Oc1ccc(NC2CCCCO2)c(C(=N)c2ccc(F)nc2)c1)c1c(Cl)cncc1Cl. The third-order valence-corrected chi connectivity index (χ3v) is 5.98. The Balaban J connectivity index is 1.65. The van der Waals surface area contributed by atoms with Crippen LogP contribution in [-0.4, -0.2) is 28.5 Å². The number of nitrogens with zero attached hydrogens (tertiary/aromatic N) is 2. The highest BCUT2D eigenvalue weighted by atomic mass is 35.5. The van der Waals surface area contributed by atoms with Gasteiger partial charge in [-0.2, -0.15) is 4.39 Å². The van der Waals surface area contributed by atoms with Gasteiger partial charge in [0, 0.05) is 47.6 Å². The Morgan fingerprint density at radius 2 is 1.97 bits per heavy atom. The van der Waals surface area contributed by atoms with Crippen LogP contribution in [0, 0.1) is 11.4 Å². The van der Waals surface area contributed by atoms with E-state index >= 15 is 0 Å². The Morgan fingerprint density at radius 3 is 2.64 bits per heavy atom. The Kier molecular flexibility index (Phi) is 7.42. The van der Waals surface area contributed by atoms with Crippen LogP contribution in [0.25, 0.3) is 0 Å². The van der Waals surface area contributed by atoms with E-state index in [9.17, 15) is 4.39 Å². The summed E-state index contributed by atoms with van der Waals surface area (Å²) >= 11 is 12.6. The molecule has 33 heavy (non-hydrogen) atoms.